The summed E-state index contributed by atoms with van der Waals surface area (Å²) in [6.07, 6.45) is 5.24. The number of rotatable bonds is 2. The van der Waals surface area contributed by atoms with Gasteiger partial charge in [0.15, 0.2) is 4.77 Å². The van der Waals surface area contributed by atoms with E-state index in [-0.39, 0.29) is 0 Å². The second-order valence-corrected chi connectivity index (χ2v) is 5.21. The molecule has 4 heteroatoms. The average Bonchev–Trinajstić information content (AvgIpc) is 2.79. The Bertz CT molecular complexity index is 611. The zero-order valence-corrected chi connectivity index (χ0v) is 11.0. The zero-order valence-electron chi connectivity index (χ0n) is 10.2. The Morgan fingerprint density at radius 3 is 2.89 bits per heavy atom. The Labute approximate surface area is 112 Å². The number of aromatic nitrogens is 2. The van der Waals surface area contributed by atoms with Crippen molar-refractivity contribution in [3.8, 4) is 0 Å². The number of hydrogen-bond acceptors (Lipinski definition) is 2. The Hall–Kier alpha value is -1.39. The maximum Gasteiger partial charge on any atom is 0.177 e. The maximum atomic E-state index is 5.78. The number of nitrogens with one attached hydrogen (secondary N) is 1. The highest BCUT2D eigenvalue weighted by atomic mass is 32.1. The van der Waals surface area contributed by atoms with Gasteiger partial charge in [0.05, 0.1) is 5.69 Å². The minimum absolute atomic E-state index is 0.442. The van der Waals surface area contributed by atoms with E-state index in [1.807, 2.05) is 6.20 Å². The molecule has 3 nitrogen and oxygen atoms in total. The number of aromatic amines is 1. The third-order valence-electron chi connectivity index (χ3n) is 3.79. The quantitative estimate of drug-likeness (QED) is 0.815. The van der Waals surface area contributed by atoms with Crippen LogP contribution in [0.5, 0.6) is 0 Å². The van der Waals surface area contributed by atoms with Crippen LogP contribution in [0.3, 0.4) is 0 Å². The first-order valence-corrected chi connectivity index (χ1v) is 6.76. The van der Waals surface area contributed by atoms with E-state index >= 15 is 0 Å². The third kappa shape index (κ3) is 1.91. The summed E-state index contributed by atoms with van der Waals surface area (Å²) in [5.41, 5.74) is 9.80. The van der Waals surface area contributed by atoms with E-state index in [1.54, 1.807) is 0 Å². The lowest BCUT2D eigenvalue weighted by Gasteiger charge is -2.27. The van der Waals surface area contributed by atoms with Crippen molar-refractivity contribution in [1.29, 1.82) is 0 Å². The van der Waals surface area contributed by atoms with Gasteiger partial charge in [0.1, 0.15) is 0 Å². The maximum absolute atomic E-state index is 5.78. The van der Waals surface area contributed by atoms with Gasteiger partial charge in [0, 0.05) is 18.8 Å². The van der Waals surface area contributed by atoms with Crippen LogP contribution in [0.15, 0.2) is 30.5 Å². The van der Waals surface area contributed by atoms with E-state index in [2.05, 4.69) is 33.8 Å². The van der Waals surface area contributed by atoms with E-state index < -0.39 is 0 Å². The predicted molar refractivity (Wildman–Crippen MR) is 75.0 cm³/mol. The monoisotopic (exact) mass is 259 g/mol. The van der Waals surface area contributed by atoms with Crippen LogP contribution in [-0.2, 0) is 19.4 Å². The Morgan fingerprint density at radius 2 is 2.11 bits per heavy atom. The van der Waals surface area contributed by atoms with Gasteiger partial charge in [-0.25, -0.2) is 0 Å². The van der Waals surface area contributed by atoms with Crippen molar-refractivity contribution in [2.24, 2.45) is 5.73 Å². The molecule has 1 aliphatic rings. The minimum atomic E-state index is 0.442. The molecule has 0 radical (unpaired) electrons. The SMILES string of the molecule is NCc1c[nH]c(=S)n1C1CCc2ccccc2C1. The number of benzene rings is 1. The number of H-pyrrole nitrogens is 1. The zero-order chi connectivity index (χ0) is 12.5. The minimum Gasteiger partial charge on any atom is -0.337 e. The summed E-state index contributed by atoms with van der Waals surface area (Å²) in [5, 5.41) is 0. The van der Waals surface area contributed by atoms with E-state index in [9.17, 15) is 0 Å². The van der Waals surface area contributed by atoms with Crippen molar-refractivity contribution in [1.82, 2.24) is 9.55 Å². The molecule has 1 unspecified atom stereocenters. The van der Waals surface area contributed by atoms with Gasteiger partial charge < -0.3 is 15.3 Å². The van der Waals surface area contributed by atoms with Crippen LogP contribution in [0, 0.1) is 4.77 Å². The predicted octanol–water partition coefficient (Wildman–Crippen LogP) is 2.73. The van der Waals surface area contributed by atoms with Crippen molar-refractivity contribution >= 4 is 12.2 Å². The van der Waals surface area contributed by atoms with Crippen molar-refractivity contribution in [2.75, 3.05) is 0 Å². The Balaban J connectivity index is 1.96. The molecule has 3 N–H and O–H groups in total. The molecular formula is C14H17N3S. The van der Waals surface area contributed by atoms with Crippen LogP contribution < -0.4 is 5.73 Å². The number of nitrogens with zero attached hydrogens (tertiary/aromatic N) is 1. The summed E-state index contributed by atoms with van der Waals surface area (Å²) < 4.78 is 2.99. The van der Waals surface area contributed by atoms with Crippen molar-refractivity contribution in [3.05, 3.63) is 52.1 Å². The van der Waals surface area contributed by atoms with Crippen LogP contribution in [0.25, 0.3) is 0 Å². The number of imidazole rings is 1. The number of fused-ring (bicyclic) bond motifs is 1. The molecule has 94 valence electrons. The first kappa shape index (κ1) is 11.7. The highest BCUT2D eigenvalue weighted by Crippen LogP contribution is 2.29. The molecule has 0 fully saturated rings. The van der Waals surface area contributed by atoms with Crippen LogP contribution in [-0.4, -0.2) is 9.55 Å². The van der Waals surface area contributed by atoms with Gasteiger partial charge >= 0.3 is 0 Å². The fraction of sp³-hybridized carbons (Fsp3) is 0.357. The number of aryl methyl sites for hydroxylation is 1. The lowest BCUT2D eigenvalue weighted by atomic mass is 9.88. The van der Waals surface area contributed by atoms with Crippen molar-refractivity contribution in [3.63, 3.8) is 0 Å². The van der Waals surface area contributed by atoms with Gasteiger partial charge in [-0.1, -0.05) is 24.3 Å². The summed E-state index contributed by atoms with van der Waals surface area (Å²) in [4.78, 5) is 3.11. The average molecular weight is 259 g/mol. The lowest BCUT2D eigenvalue weighted by molar-refractivity contribution is 0.427. The topological polar surface area (TPSA) is 46.7 Å². The van der Waals surface area contributed by atoms with Crippen molar-refractivity contribution in [2.45, 2.75) is 31.8 Å². The second-order valence-electron chi connectivity index (χ2n) is 4.82. The molecule has 3 rings (SSSR count). The summed E-state index contributed by atoms with van der Waals surface area (Å²) in [7, 11) is 0. The first-order chi connectivity index (χ1) is 8.79. The number of nitrogens with two attached hydrogens (primary N) is 1. The summed E-state index contributed by atoms with van der Waals surface area (Å²) in [6.45, 7) is 0.533. The molecule has 2 aromatic rings. The summed E-state index contributed by atoms with van der Waals surface area (Å²) in [6, 6.07) is 9.12. The molecule has 0 bridgehead atoms. The molecule has 1 aliphatic carbocycles. The van der Waals surface area contributed by atoms with Crippen molar-refractivity contribution < 1.29 is 0 Å². The third-order valence-corrected chi connectivity index (χ3v) is 4.10. The normalized spacial score (nSPS) is 18.6. The summed E-state index contributed by atoms with van der Waals surface area (Å²) >= 11 is 5.37. The molecule has 0 saturated carbocycles. The van der Waals surface area contributed by atoms with Gasteiger partial charge in [-0.05, 0) is 42.6 Å². The molecular weight excluding hydrogens is 242 g/mol. The van der Waals surface area contributed by atoms with Crippen LogP contribution in [0.2, 0.25) is 0 Å². The Morgan fingerprint density at radius 1 is 1.33 bits per heavy atom. The largest absolute Gasteiger partial charge is 0.337 e. The van der Waals surface area contributed by atoms with Gasteiger partial charge in [-0.3, -0.25) is 0 Å². The molecule has 0 aliphatic heterocycles. The van der Waals surface area contributed by atoms with Crippen LogP contribution >= 0.6 is 12.2 Å². The van der Waals surface area contributed by atoms with Gasteiger partial charge in [0.2, 0.25) is 0 Å². The van der Waals surface area contributed by atoms with Gasteiger partial charge in [-0.2, -0.15) is 0 Å². The van der Waals surface area contributed by atoms with Gasteiger partial charge in [0.25, 0.3) is 0 Å². The smallest absolute Gasteiger partial charge is 0.177 e. The highest BCUT2D eigenvalue weighted by molar-refractivity contribution is 7.71. The standard InChI is InChI=1S/C14H17N3S/c15-8-13-9-16-14(18)17(13)12-6-5-10-3-1-2-4-11(10)7-12/h1-4,9,12H,5-8,15H2,(H,16,18). The molecule has 0 saturated heterocycles. The van der Waals surface area contributed by atoms with E-state index in [4.69, 9.17) is 18.0 Å². The fourth-order valence-corrected chi connectivity index (χ4v) is 3.20. The second kappa shape index (κ2) is 4.71. The molecule has 1 aromatic heterocycles. The van der Waals surface area contributed by atoms with Gasteiger partial charge in [-0.15, -0.1) is 0 Å². The molecule has 1 aromatic carbocycles. The van der Waals surface area contributed by atoms with E-state index in [0.29, 0.717) is 12.6 Å². The lowest BCUT2D eigenvalue weighted by Crippen LogP contribution is -2.21. The summed E-state index contributed by atoms with van der Waals surface area (Å²) in [5.74, 6) is 0. The van der Waals surface area contributed by atoms with Crippen LogP contribution in [0.1, 0.15) is 29.3 Å². The first-order valence-electron chi connectivity index (χ1n) is 6.35. The van der Waals surface area contributed by atoms with E-state index in [1.165, 1.54) is 11.1 Å². The Kier molecular flexibility index (Phi) is 3.06. The molecule has 1 atom stereocenters. The number of hydrogen-bond donors (Lipinski definition) is 2. The molecule has 1 heterocycles. The molecule has 0 spiro atoms. The van der Waals surface area contributed by atoms with E-state index in [0.717, 1.165) is 29.7 Å². The molecule has 0 amide bonds. The molecule has 18 heavy (non-hydrogen) atoms. The van der Waals surface area contributed by atoms with Crippen LogP contribution in [0.4, 0.5) is 0 Å². The highest BCUT2D eigenvalue weighted by Gasteiger charge is 2.21. The fourth-order valence-electron chi connectivity index (χ4n) is 2.87.